The van der Waals surface area contributed by atoms with E-state index in [1.165, 1.54) is 25.1 Å². The van der Waals surface area contributed by atoms with Crippen molar-refractivity contribution in [1.29, 1.82) is 0 Å². The third kappa shape index (κ3) is 5.71. The molecule has 8 nitrogen and oxygen atoms in total. The van der Waals surface area contributed by atoms with E-state index in [0.29, 0.717) is 17.7 Å². The van der Waals surface area contributed by atoms with Gasteiger partial charge >= 0.3 is 11.9 Å². The van der Waals surface area contributed by atoms with Crippen LogP contribution in [0.15, 0.2) is 43.2 Å². The number of rotatable bonds is 6. The maximum atomic E-state index is 14.2. The van der Waals surface area contributed by atoms with Crippen LogP contribution in [0.25, 0.3) is 10.9 Å². The van der Waals surface area contributed by atoms with Crippen LogP contribution >= 0.6 is 27.5 Å². The van der Waals surface area contributed by atoms with E-state index >= 15 is 0 Å². The summed E-state index contributed by atoms with van der Waals surface area (Å²) in [6, 6.07) is 4.52. The number of aromatic amines is 1. The highest BCUT2D eigenvalue weighted by Crippen LogP contribution is 2.39. The summed E-state index contributed by atoms with van der Waals surface area (Å²) in [5.74, 6) is -0.239. The molecule has 2 heterocycles. The van der Waals surface area contributed by atoms with Gasteiger partial charge in [-0.2, -0.15) is 13.2 Å². The summed E-state index contributed by atoms with van der Waals surface area (Å²) in [5.41, 5.74) is 2.96. The minimum Gasteiger partial charge on any atom is -0.327 e. The van der Waals surface area contributed by atoms with Gasteiger partial charge in [-0.15, -0.1) is 0 Å². The molecule has 206 valence electrons. The summed E-state index contributed by atoms with van der Waals surface area (Å²) in [7, 11) is -3.75. The summed E-state index contributed by atoms with van der Waals surface area (Å²) < 4.78 is 68.3. The second-order valence-electron chi connectivity index (χ2n) is 9.25. The molecule has 1 fully saturated rings. The first-order valence-corrected chi connectivity index (χ1v) is 14.6. The van der Waals surface area contributed by atoms with Gasteiger partial charge in [-0.05, 0) is 70.7 Å². The van der Waals surface area contributed by atoms with Crippen molar-refractivity contribution in [3.8, 4) is 0 Å². The number of H-pyrrole nitrogens is 1. The summed E-state index contributed by atoms with van der Waals surface area (Å²) >= 11 is 9.25. The summed E-state index contributed by atoms with van der Waals surface area (Å²) in [5, 5.41) is -0.200. The van der Waals surface area contributed by atoms with Gasteiger partial charge in [-0.1, -0.05) is 18.5 Å². The smallest absolute Gasteiger partial charge is 0.327 e. The van der Waals surface area contributed by atoms with Crippen LogP contribution in [-0.4, -0.2) is 47.8 Å². The van der Waals surface area contributed by atoms with Gasteiger partial charge in [0, 0.05) is 28.6 Å². The summed E-state index contributed by atoms with van der Waals surface area (Å²) in [6.07, 6.45) is -3.26. The second-order valence-corrected chi connectivity index (χ2v) is 12.7. The molecule has 1 aliphatic rings. The Bertz CT molecular complexity index is 1620. The Morgan fingerprint density at radius 1 is 1.21 bits per heavy atom. The van der Waals surface area contributed by atoms with Gasteiger partial charge in [0.2, 0.25) is 0 Å². The van der Waals surface area contributed by atoms with E-state index in [1.54, 1.807) is 0 Å². The molecule has 3 N–H and O–H groups in total. The van der Waals surface area contributed by atoms with Crippen molar-refractivity contribution in [2.24, 2.45) is 5.73 Å². The molecule has 1 saturated heterocycles. The standard InChI is InChI=1S/C24H25BrClF3N4O4S/c1-2-38(36,37)19-6-5-14(26)8-13(19)10-33-22(34)16-9-18(24(27,28)29)17(20(25)21(16)31-23(33)35)12-32-7-3-4-15(30)11-32/h5-6,8-9,15H,2-4,7,10-12,30H2,1H3,(H,31,35). The van der Waals surface area contributed by atoms with Crippen LogP contribution < -0.4 is 17.0 Å². The fourth-order valence-electron chi connectivity index (χ4n) is 4.70. The quantitative estimate of drug-likeness (QED) is 0.424. The van der Waals surface area contributed by atoms with Crippen LogP contribution in [0.1, 0.15) is 36.5 Å². The fraction of sp³-hybridized carbons (Fsp3) is 0.417. The molecule has 0 spiro atoms. The van der Waals surface area contributed by atoms with Gasteiger partial charge in [0.1, 0.15) is 0 Å². The molecule has 14 heteroatoms. The Labute approximate surface area is 229 Å². The first-order chi connectivity index (χ1) is 17.7. The first kappa shape index (κ1) is 28.8. The summed E-state index contributed by atoms with van der Waals surface area (Å²) in [4.78, 5) is 30.6. The second kappa shape index (κ2) is 10.8. The normalized spacial score (nSPS) is 17.3. The number of piperidine rings is 1. The third-order valence-corrected chi connectivity index (χ3v) is 9.55. The van der Waals surface area contributed by atoms with Gasteiger partial charge in [-0.3, -0.25) is 14.3 Å². The molecular formula is C24H25BrClF3N4O4S. The highest BCUT2D eigenvalue weighted by atomic mass is 79.9. The number of sulfone groups is 1. The molecule has 0 aliphatic carbocycles. The van der Waals surface area contributed by atoms with Gasteiger partial charge in [0.25, 0.3) is 5.56 Å². The number of fused-ring (bicyclic) bond motifs is 1. The lowest BCUT2D eigenvalue weighted by Gasteiger charge is -2.31. The van der Waals surface area contributed by atoms with Crippen molar-refractivity contribution in [3.05, 3.63) is 71.3 Å². The Morgan fingerprint density at radius 3 is 2.55 bits per heavy atom. The van der Waals surface area contributed by atoms with E-state index < -0.39 is 39.4 Å². The minimum absolute atomic E-state index is 0.0418. The highest BCUT2D eigenvalue weighted by molar-refractivity contribution is 9.10. The monoisotopic (exact) mass is 636 g/mol. The van der Waals surface area contributed by atoms with E-state index in [0.717, 1.165) is 18.9 Å². The first-order valence-electron chi connectivity index (χ1n) is 11.8. The van der Waals surface area contributed by atoms with Gasteiger partial charge in [0.05, 0.1) is 33.7 Å². The van der Waals surface area contributed by atoms with Crippen LogP contribution in [0.5, 0.6) is 0 Å². The fourth-order valence-corrected chi connectivity index (χ4v) is 6.66. The van der Waals surface area contributed by atoms with Crippen molar-refractivity contribution in [2.45, 2.75) is 50.0 Å². The van der Waals surface area contributed by atoms with Crippen LogP contribution in [-0.2, 0) is 29.1 Å². The Morgan fingerprint density at radius 2 is 1.92 bits per heavy atom. The number of halogens is 5. The molecular weight excluding hydrogens is 613 g/mol. The van der Waals surface area contributed by atoms with Gasteiger partial charge in [-0.25, -0.2) is 13.2 Å². The molecule has 0 radical (unpaired) electrons. The number of nitrogens with one attached hydrogen (secondary N) is 1. The van der Waals surface area contributed by atoms with Crippen molar-refractivity contribution in [2.75, 3.05) is 18.8 Å². The zero-order valence-electron chi connectivity index (χ0n) is 20.2. The average Bonchev–Trinajstić information content (AvgIpc) is 2.83. The van der Waals surface area contributed by atoms with Crippen LogP contribution in [0, 0.1) is 0 Å². The summed E-state index contributed by atoms with van der Waals surface area (Å²) in [6.45, 7) is 1.84. The topological polar surface area (TPSA) is 118 Å². The molecule has 1 unspecified atom stereocenters. The predicted octanol–water partition coefficient (Wildman–Crippen LogP) is 3.89. The number of nitrogens with two attached hydrogens (primary N) is 1. The molecule has 1 aliphatic heterocycles. The van der Waals surface area contributed by atoms with Crippen LogP contribution in [0.3, 0.4) is 0 Å². The molecule has 2 aromatic carbocycles. The average molecular weight is 638 g/mol. The maximum absolute atomic E-state index is 14.2. The van der Waals surface area contributed by atoms with Crippen molar-refractivity contribution in [1.82, 2.24) is 14.5 Å². The Kier molecular flexibility index (Phi) is 8.16. The van der Waals surface area contributed by atoms with E-state index in [2.05, 4.69) is 20.9 Å². The molecule has 0 saturated carbocycles. The Hall–Kier alpha value is -2.19. The number of hydrogen-bond acceptors (Lipinski definition) is 6. The molecule has 3 aromatic rings. The number of aromatic nitrogens is 2. The zero-order chi connectivity index (χ0) is 28.0. The maximum Gasteiger partial charge on any atom is 0.416 e. The Balaban J connectivity index is 1.89. The minimum atomic E-state index is -4.79. The molecule has 4 rings (SSSR count). The SMILES string of the molecule is CCS(=O)(=O)c1ccc(Cl)cc1Cn1c(=O)[nH]c2c(Br)c(CN3CCCC(N)C3)c(C(F)(F)F)cc2c1=O. The van der Waals surface area contributed by atoms with Crippen molar-refractivity contribution >= 4 is 48.3 Å². The van der Waals surface area contributed by atoms with Crippen molar-refractivity contribution in [3.63, 3.8) is 0 Å². The lowest BCUT2D eigenvalue weighted by atomic mass is 10.0. The van der Waals surface area contributed by atoms with Gasteiger partial charge < -0.3 is 10.7 Å². The van der Waals surface area contributed by atoms with E-state index in [1.807, 2.05) is 4.90 Å². The van der Waals surface area contributed by atoms with Crippen molar-refractivity contribution < 1.29 is 21.6 Å². The molecule has 1 atom stereocenters. The van der Waals surface area contributed by atoms with Crippen LogP contribution in [0.4, 0.5) is 13.2 Å². The molecule has 0 bridgehead atoms. The molecule has 0 amide bonds. The highest BCUT2D eigenvalue weighted by Gasteiger charge is 2.36. The number of likely N-dealkylation sites (tertiary alicyclic amines) is 1. The number of benzene rings is 2. The van der Waals surface area contributed by atoms with Gasteiger partial charge in [0.15, 0.2) is 9.84 Å². The van der Waals surface area contributed by atoms with Crippen LogP contribution in [0.2, 0.25) is 5.02 Å². The number of hydrogen-bond donors (Lipinski definition) is 2. The third-order valence-electron chi connectivity index (χ3n) is 6.62. The van der Waals surface area contributed by atoms with E-state index in [-0.39, 0.29) is 54.8 Å². The number of alkyl halides is 3. The predicted molar refractivity (Wildman–Crippen MR) is 142 cm³/mol. The molecule has 1 aromatic heterocycles. The largest absolute Gasteiger partial charge is 0.416 e. The van der Waals surface area contributed by atoms with E-state index in [4.69, 9.17) is 17.3 Å². The number of nitrogens with zero attached hydrogens (tertiary/aromatic N) is 2. The zero-order valence-corrected chi connectivity index (χ0v) is 23.4. The van der Waals surface area contributed by atoms with E-state index in [9.17, 15) is 31.2 Å². The lowest BCUT2D eigenvalue weighted by Crippen LogP contribution is -2.42. The molecule has 38 heavy (non-hydrogen) atoms. The lowest BCUT2D eigenvalue weighted by molar-refractivity contribution is -0.138.